The highest BCUT2D eigenvalue weighted by Crippen LogP contribution is 2.44. The molecule has 0 amide bonds. The Morgan fingerprint density at radius 3 is 3.24 bits per heavy atom. The first kappa shape index (κ1) is 14.9. The number of nitrogens with two attached hydrogens (primary N) is 2. The number of rotatable bonds is 2. The van der Waals surface area contributed by atoms with E-state index < -0.39 is 0 Å². The van der Waals surface area contributed by atoms with Crippen LogP contribution < -0.4 is 21.7 Å². The van der Waals surface area contributed by atoms with Gasteiger partial charge in [-0.15, -0.1) is 0 Å². The molecule has 0 saturated carbocycles. The summed E-state index contributed by atoms with van der Waals surface area (Å²) in [7, 11) is 7.76. The zero-order valence-electron chi connectivity index (χ0n) is 12.3. The van der Waals surface area contributed by atoms with E-state index in [1.54, 1.807) is 24.6 Å². The standard InChI is InChI=1S/C14H21BN4OS/c1-19(17)8-10(16)11-7-14(3-4-18-11)13-9(2-5-20-14)6-12(15)21-13/h6,8,11,18H,2-5,7,16-17H2,1H3/b10-8-. The summed E-state index contributed by atoms with van der Waals surface area (Å²) < 4.78 is 7.08. The molecule has 21 heavy (non-hydrogen) atoms. The van der Waals surface area contributed by atoms with Crippen LogP contribution in [0.5, 0.6) is 0 Å². The molecule has 1 aromatic heterocycles. The van der Waals surface area contributed by atoms with Crippen LogP contribution >= 0.6 is 11.3 Å². The monoisotopic (exact) mass is 304 g/mol. The third-order valence-electron chi connectivity index (χ3n) is 4.20. The Hall–Kier alpha value is -1.02. The Balaban J connectivity index is 1.89. The van der Waals surface area contributed by atoms with Gasteiger partial charge in [-0.1, -0.05) is 6.07 Å². The summed E-state index contributed by atoms with van der Waals surface area (Å²) in [4.78, 5) is 1.28. The Labute approximate surface area is 130 Å². The van der Waals surface area contributed by atoms with Crippen molar-refractivity contribution in [3.8, 4) is 0 Å². The number of nitrogens with zero attached hydrogens (tertiary/aromatic N) is 1. The van der Waals surface area contributed by atoms with Gasteiger partial charge in [0.05, 0.1) is 12.6 Å². The second-order valence-corrected chi connectivity index (χ2v) is 6.94. The van der Waals surface area contributed by atoms with Gasteiger partial charge < -0.3 is 20.8 Å². The molecule has 3 rings (SSSR count). The lowest BCUT2D eigenvalue weighted by atomic mass is 9.81. The molecule has 2 aliphatic heterocycles. The van der Waals surface area contributed by atoms with Crippen LogP contribution in [0.15, 0.2) is 18.0 Å². The van der Waals surface area contributed by atoms with Crippen LogP contribution in [0, 0.1) is 0 Å². The van der Waals surface area contributed by atoms with Crippen LogP contribution in [-0.2, 0) is 16.8 Å². The lowest BCUT2D eigenvalue weighted by Gasteiger charge is -2.43. The first-order chi connectivity index (χ1) is 10.00. The van der Waals surface area contributed by atoms with Crippen molar-refractivity contribution in [2.24, 2.45) is 11.6 Å². The molecule has 1 spiro atoms. The van der Waals surface area contributed by atoms with Crippen LogP contribution in [-0.4, -0.2) is 39.1 Å². The topological polar surface area (TPSA) is 76.5 Å². The van der Waals surface area contributed by atoms with Crippen molar-refractivity contribution in [2.75, 3.05) is 20.2 Å². The molecule has 0 bridgehead atoms. The number of hydrogen-bond donors (Lipinski definition) is 3. The minimum Gasteiger partial charge on any atom is -0.400 e. The fraction of sp³-hybridized carbons (Fsp3) is 0.571. The van der Waals surface area contributed by atoms with Crippen LogP contribution in [0.2, 0.25) is 0 Å². The highest BCUT2D eigenvalue weighted by atomic mass is 32.1. The normalized spacial score (nSPS) is 29.4. The number of hydrazine groups is 1. The maximum absolute atomic E-state index is 6.22. The molecule has 2 unspecified atom stereocenters. The number of hydrogen-bond acceptors (Lipinski definition) is 6. The molecule has 0 aromatic carbocycles. The molecule has 0 aliphatic carbocycles. The van der Waals surface area contributed by atoms with Crippen LogP contribution in [0.4, 0.5) is 0 Å². The molecule has 2 aliphatic rings. The van der Waals surface area contributed by atoms with E-state index in [9.17, 15) is 0 Å². The van der Waals surface area contributed by atoms with E-state index in [4.69, 9.17) is 24.2 Å². The minimum atomic E-state index is -0.253. The molecule has 1 saturated heterocycles. The maximum Gasteiger partial charge on any atom is 0.128 e. The summed E-state index contributed by atoms with van der Waals surface area (Å²) in [5, 5.41) is 4.93. The molecular weight excluding hydrogens is 283 g/mol. The van der Waals surface area contributed by atoms with Crippen molar-refractivity contribution < 1.29 is 4.74 Å². The van der Waals surface area contributed by atoms with Crippen LogP contribution in [0.25, 0.3) is 0 Å². The fourth-order valence-electron chi connectivity index (χ4n) is 3.29. The summed E-state index contributed by atoms with van der Waals surface area (Å²) in [5.74, 6) is 5.65. The Kier molecular flexibility index (Phi) is 4.01. The van der Waals surface area contributed by atoms with E-state index in [2.05, 4.69) is 11.4 Å². The van der Waals surface area contributed by atoms with Gasteiger partial charge in [0.2, 0.25) is 0 Å². The zero-order chi connectivity index (χ0) is 15.0. The number of ether oxygens (including phenoxy) is 1. The maximum atomic E-state index is 6.22. The van der Waals surface area contributed by atoms with Gasteiger partial charge in [0.25, 0.3) is 0 Å². The van der Waals surface area contributed by atoms with Gasteiger partial charge in [-0.2, -0.15) is 11.3 Å². The number of fused-ring (bicyclic) bond motifs is 2. The van der Waals surface area contributed by atoms with Gasteiger partial charge in [0, 0.05) is 30.2 Å². The number of nitrogens with one attached hydrogen (secondary N) is 1. The first-order valence-corrected chi connectivity index (χ1v) is 8.02. The number of piperidine rings is 1. The average Bonchev–Trinajstić information content (AvgIpc) is 2.81. The second-order valence-electron chi connectivity index (χ2n) is 5.85. The quantitative estimate of drug-likeness (QED) is 0.396. The molecule has 112 valence electrons. The predicted octanol–water partition coefficient (Wildman–Crippen LogP) is -0.332. The molecule has 7 heteroatoms. The Morgan fingerprint density at radius 1 is 1.67 bits per heavy atom. The molecule has 1 fully saturated rings. The van der Waals surface area contributed by atoms with Crippen molar-refractivity contribution in [2.45, 2.75) is 30.9 Å². The largest absolute Gasteiger partial charge is 0.400 e. The van der Waals surface area contributed by atoms with Gasteiger partial charge in [-0.25, -0.2) is 5.84 Å². The van der Waals surface area contributed by atoms with E-state index >= 15 is 0 Å². The Bertz CT molecular complexity index is 559. The van der Waals surface area contributed by atoms with Crippen molar-refractivity contribution >= 4 is 24.0 Å². The molecular formula is C14H21BN4OS. The van der Waals surface area contributed by atoms with Gasteiger partial charge in [-0.05, 0) is 29.7 Å². The van der Waals surface area contributed by atoms with E-state index in [0.717, 1.165) is 42.9 Å². The predicted molar refractivity (Wildman–Crippen MR) is 86.3 cm³/mol. The molecule has 2 atom stereocenters. The van der Waals surface area contributed by atoms with Crippen molar-refractivity contribution in [1.82, 2.24) is 10.3 Å². The Morgan fingerprint density at radius 2 is 2.48 bits per heavy atom. The minimum absolute atomic E-state index is 0.0685. The summed E-state index contributed by atoms with van der Waals surface area (Å²) >= 11 is 1.65. The van der Waals surface area contributed by atoms with E-state index in [-0.39, 0.29) is 11.6 Å². The van der Waals surface area contributed by atoms with E-state index in [1.165, 1.54) is 15.4 Å². The van der Waals surface area contributed by atoms with Gasteiger partial charge >= 0.3 is 0 Å². The van der Waals surface area contributed by atoms with E-state index in [0.29, 0.717) is 0 Å². The van der Waals surface area contributed by atoms with Crippen LogP contribution in [0.3, 0.4) is 0 Å². The van der Waals surface area contributed by atoms with Crippen LogP contribution in [0.1, 0.15) is 23.3 Å². The second kappa shape index (κ2) is 5.64. The van der Waals surface area contributed by atoms with Crippen molar-refractivity contribution in [3.05, 3.63) is 28.4 Å². The third kappa shape index (κ3) is 2.83. The molecule has 1 aromatic rings. The SMILES string of the molecule is [B]c1cc2c(s1)C1(CCNC(/C(N)=C/N(C)N)C1)OCC2. The van der Waals surface area contributed by atoms with Crippen molar-refractivity contribution in [3.63, 3.8) is 0 Å². The number of thiophene rings is 1. The average molecular weight is 304 g/mol. The van der Waals surface area contributed by atoms with Gasteiger partial charge in [0.1, 0.15) is 13.4 Å². The summed E-state index contributed by atoms with van der Waals surface area (Å²) in [6, 6.07) is 2.16. The van der Waals surface area contributed by atoms with E-state index in [1.807, 2.05) is 0 Å². The zero-order valence-corrected chi connectivity index (χ0v) is 13.1. The lowest BCUT2D eigenvalue weighted by molar-refractivity contribution is -0.0837. The summed E-state index contributed by atoms with van der Waals surface area (Å²) in [6.45, 7) is 1.61. The summed E-state index contributed by atoms with van der Waals surface area (Å²) in [5.41, 5.74) is 7.98. The molecule has 3 heterocycles. The van der Waals surface area contributed by atoms with Crippen molar-refractivity contribution in [1.29, 1.82) is 0 Å². The fourth-order valence-corrected chi connectivity index (χ4v) is 4.45. The molecule has 2 radical (unpaired) electrons. The smallest absolute Gasteiger partial charge is 0.128 e. The lowest BCUT2D eigenvalue weighted by Crippen LogP contribution is -2.51. The third-order valence-corrected chi connectivity index (χ3v) is 5.39. The molecule has 5 nitrogen and oxygen atoms in total. The highest BCUT2D eigenvalue weighted by molar-refractivity contribution is 7.20. The molecule has 5 N–H and O–H groups in total. The van der Waals surface area contributed by atoms with Gasteiger partial charge in [-0.3, -0.25) is 0 Å². The highest BCUT2D eigenvalue weighted by Gasteiger charge is 2.43. The van der Waals surface area contributed by atoms with Gasteiger partial charge in [0.15, 0.2) is 0 Å². The summed E-state index contributed by atoms with van der Waals surface area (Å²) in [6.07, 6.45) is 4.46. The first-order valence-electron chi connectivity index (χ1n) is 7.21.